The zero-order valence-corrected chi connectivity index (χ0v) is 12.9. The van der Waals surface area contributed by atoms with Crippen LogP contribution >= 0.6 is 0 Å². The van der Waals surface area contributed by atoms with Crippen molar-refractivity contribution in [2.45, 2.75) is 52.1 Å². The summed E-state index contributed by atoms with van der Waals surface area (Å²) in [5, 5.41) is 6.54. The van der Waals surface area contributed by atoms with Crippen molar-refractivity contribution in [2.24, 2.45) is 5.92 Å². The maximum absolute atomic E-state index is 12.5. The van der Waals surface area contributed by atoms with E-state index in [1.807, 2.05) is 18.3 Å². The fourth-order valence-corrected chi connectivity index (χ4v) is 2.97. The van der Waals surface area contributed by atoms with Crippen LogP contribution in [0.2, 0.25) is 0 Å². The second-order valence-corrected chi connectivity index (χ2v) is 6.01. The number of amides is 1. The van der Waals surface area contributed by atoms with Crippen LogP contribution in [0, 0.1) is 5.92 Å². The van der Waals surface area contributed by atoms with Gasteiger partial charge in [0.2, 0.25) is 0 Å². The quantitative estimate of drug-likeness (QED) is 0.869. The molecule has 2 rings (SSSR count). The molecule has 1 aliphatic rings. The van der Waals surface area contributed by atoms with Crippen LogP contribution in [0.1, 0.15) is 56.6 Å². The maximum Gasteiger partial charge on any atom is 0.268 e. The van der Waals surface area contributed by atoms with Gasteiger partial charge in [0.1, 0.15) is 5.69 Å². The Bertz CT molecular complexity index is 433. The molecule has 0 bridgehead atoms. The van der Waals surface area contributed by atoms with E-state index >= 15 is 0 Å². The topological polar surface area (TPSA) is 46.1 Å². The summed E-state index contributed by atoms with van der Waals surface area (Å²) < 4.78 is 2.16. The molecule has 1 saturated heterocycles. The normalized spacial score (nSPS) is 18.2. The smallest absolute Gasteiger partial charge is 0.268 e. The van der Waals surface area contributed by atoms with Gasteiger partial charge in [0, 0.05) is 18.3 Å². The molecule has 1 unspecified atom stereocenters. The van der Waals surface area contributed by atoms with E-state index in [1.165, 1.54) is 0 Å². The zero-order chi connectivity index (χ0) is 14.5. The van der Waals surface area contributed by atoms with Gasteiger partial charge in [-0.15, -0.1) is 0 Å². The number of hydrogen-bond donors (Lipinski definition) is 2. The third kappa shape index (κ3) is 3.42. The number of carbonyl (C=O) groups is 1. The molecule has 0 saturated carbocycles. The summed E-state index contributed by atoms with van der Waals surface area (Å²) in [5.74, 6) is 0.528. The molecule has 1 amide bonds. The SMILES string of the molecule is CCC(NC(=O)c1cccn1C1CCNCC1)C(C)C. The molecule has 4 heteroatoms. The molecule has 0 aromatic carbocycles. The minimum Gasteiger partial charge on any atom is -0.348 e. The Morgan fingerprint density at radius 1 is 1.45 bits per heavy atom. The van der Waals surface area contributed by atoms with Gasteiger partial charge < -0.3 is 15.2 Å². The van der Waals surface area contributed by atoms with Crippen LogP contribution in [0.4, 0.5) is 0 Å². The van der Waals surface area contributed by atoms with Gasteiger partial charge in [-0.3, -0.25) is 4.79 Å². The molecule has 1 aromatic rings. The van der Waals surface area contributed by atoms with Crippen LogP contribution in [-0.4, -0.2) is 29.6 Å². The Hall–Kier alpha value is -1.29. The number of hydrogen-bond acceptors (Lipinski definition) is 2. The molecule has 1 atom stereocenters. The van der Waals surface area contributed by atoms with Gasteiger partial charge in [0.05, 0.1) is 0 Å². The van der Waals surface area contributed by atoms with Crippen molar-refractivity contribution in [1.29, 1.82) is 0 Å². The number of carbonyl (C=O) groups excluding carboxylic acids is 1. The van der Waals surface area contributed by atoms with E-state index in [9.17, 15) is 4.79 Å². The van der Waals surface area contributed by atoms with Crippen molar-refractivity contribution in [2.75, 3.05) is 13.1 Å². The lowest BCUT2D eigenvalue weighted by Crippen LogP contribution is -2.39. The second kappa shape index (κ2) is 6.93. The third-order valence-corrected chi connectivity index (χ3v) is 4.27. The molecule has 4 nitrogen and oxygen atoms in total. The number of nitrogens with one attached hydrogen (secondary N) is 2. The van der Waals surface area contributed by atoms with Gasteiger partial charge in [-0.1, -0.05) is 20.8 Å². The van der Waals surface area contributed by atoms with Crippen molar-refractivity contribution in [1.82, 2.24) is 15.2 Å². The van der Waals surface area contributed by atoms with E-state index in [-0.39, 0.29) is 11.9 Å². The van der Waals surface area contributed by atoms with Crippen LogP contribution in [0.15, 0.2) is 18.3 Å². The van der Waals surface area contributed by atoms with Gasteiger partial charge in [-0.25, -0.2) is 0 Å². The average molecular weight is 277 g/mol. The van der Waals surface area contributed by atoms with Crippen molar-refractivity contribution >= 4 is 5.91 Å². The Kier molecular flexibility index (Phi) is 5.24. The van der Waals surface area contributed by atoms with Gasteiger partial charge >= 0.3 is 0 Å². The first kappa shape index (κ1) is 15.1. The van der Waals surface area contributed by atoms with E-state index in [4.69, 9.17) is 0 Å². The Labute approximate surface area is 121 Å². The monoisotopic (exact) mass is 277 g/mol. The molecule has 112 valence electrons. The van der Waals surface area contributed by atoms with Crippen LogP contribution in [0.3, 0.4) is 0 Å². The lowest BCUT2D eigenvalue weighted by molar-refractivity contribution is 0.0911. The zero-order valence-electron chi connectivity index (χ0n) is 12.9. The molecule has 0 radical (unpaired) electrons. The fourth-order valence-electron chi connectivity index (χ4n) is 2.97. The number of piperidine rings is 1. The van der Waals surface area contributed by atoms with Crippen LogP contribution in [0.5, 0.6) is 0 Å². The highest BCUT2D eigenvalue weighted by Crippen LogP contribution is 2.21. The predicted octanol–water partition coefficient (Wildman–Crippen LogP) is 2.58. The van der Waals surface area contributed by atoms with Crippen LogP contribution in [-0.2, 0) is 0 Å². The van der Waals surface area contributed by atoms with E-state index < -0.39 is 0 Å². The highest BCUT2D eigenvalue weighted by atomic mass is 16.2. The summed E-state index contributed by atoms with van der Waals surface area (Å²) in [6, 6.07) is 4.61. The fraction of sp³-hybridized carbons (Fsp3) is 0.688. The highest BCUT2D eigenvalue weighted by Gasteiger charge is 2.22. The minimum absolute atomic E-state index is 0.0640. The van der Waals surface area contributed by atoms with Gasteiger partial charge in [0.25, 0.3) is 5.91 Å². The van der Waals surface area contributed by atoms with Gasteiger partial charge in [-0.05, 0) is 50.4 Å². The van der Waals surface area contributed by atoms with Crippen molar-refractivity contribution in [3.63, 3.8) is 0 Å². The first-order valence-corrected chi connectivity index (χ1v) is 7.82. The summed E-state index contributed by atoms with van der Waals surface area (Å²) in [4.78, 5) is 12.5. The van der Waals surface area contributed by atoms with Crippen LogP contribution in [0.25, 0.3) is 0 Å². The lowest BCUT2D eigenvalue weighted by Gasteiger charge is -2.27. The van der Waals surface area contributed by atoms with Gasteiger partial charge in [-0.2, -0.15) is 0 Å². The summed E-state index contributed by atoms with van der Waals surface area (Å²) in [6.45, 7) is 8.50. The van der Waals surface area contributed by atoms with E-state index in [2.05, 4.69) is 36.0 Å². The van der Waals surface area contributed by atoms with Crippen molar-refractivity contribution in [3.8, 4) is 0 Å². The molecule has 2 heterocycles. The molecule has 20 heavy (non-hydrogen) atoms. The summed E-state index contributed by atoms with van der Waals surface area (Å²) in [6.07, 6.45) is 5.20. The molecule has 1 fully saturated rings. The summed E-state index contributed by atoms with van der Waals surface area (Å²) in [5.41, 5.74) is 0.802. The first-order chi connectivity index (χ1) is 9.63. The predicted molar refractivity (Wildman–Crippen MR) is 82.0 cm³/mol. The van der Waals surface area contributed by atoms with Crippen molar-refractivity contribution < 1.29 is 4.79 Å². The molecule has 1 aromatic heterocycles. The number of nitrogens with zero attached hydrogens (tertiary/aromatic N) is 1. The average Bonchev–Trinajstić information content (AvgIpc) is 2.94. The second-order valence-electron chi connectivity index (χ2n) is 6.01. The van der Waals surface area contributed by atoms with Crippen LogP contribution < -0.4 is 10.6 Å². The Balaban J connectivity index is 2.08. The minimum atomic E-state index is 0.0640. The standard InChI is InChI=1S/C16H27N3O/c1-4-14(12(2)3)18-16(20)15-6-5-11-19(15)13-7-9-17-10-8-13/h5-6,11-14,17H,4,7-10H2,1-3H3,(H,18,20). The largest absolute Gasteiger partial charge is 0.348 e. The Morgan fingerprint density at radius 2 is 2.15 bits per heavy atom. The van der Waals surface area contributed by atoms with E-state index in [0.717, 1.165) is 38.0 Å². The lowest BCUT2D eigenvalue weighted by atomic mass is 10.0. The molecule has 0 spiro atoms. The first-order valence-electron chi connectivity index (χ1n) is 7.82. The number of aromatic nitrogens is 1. The molecule has 0 aliphatic carbocycles. The Morgan fingerprint density at radius 3 is 2.75 bits per heavy atom. The third-order valence-electron chi connectivity index (χ3n) is 4.27. The molecular formula is C16H27N3O. The van der Waals surface area contributed by atoms with Gasteiger partial charge in [0.15, 0.2) is 0 Å². The summed E-state index contributed by atoms with van der Waals surface area (Å²) in [7, 11) is 0. The molecule has 1 aliphatic heterocycles. The molecular weight excluding hydrogens is 250 g/mol. The summed E-state index contributed by atoms with van der Waals surface area (Å²) >= 11 is 0. The van der Waals surface area contributed by atoms with Crippen molar-refractivity contribution in [3.05, 3.63) is 24.0 Å². The molecule has 2 N–H and O–H groups in total. The maximum atomic E-state index is 12.5. The highest BCUT2D eigenvalue weighted by molar-refractivity contribution is 5.93. The van der Waals surface area contributed by atoms with E-state index in [1.54, 1.807) is 0 Å². The number of rotatable bonds is 5. The van der Waals surface area contributed by atoms with E-state index in [0.29, 0.717) is 12.0 Å².